The van der Waals surface area contributed by atoms with E-state index in [0.29, 0.717) is 19.1 Å². The van der Waals surface area contributed by atoms with Gasteiger partial charge in [-0.05, 0) is 26.3 Å². The number of likely N-dealkylation sites (N-methyl/N-ethyl adjacent to an activating group) is 1. The summed E-state index contributed by atoms with van der Waals surface area (Å²) in [5.74, 6) is 1.63. The lowest BCUT2D eigenvalue weighted by atomic mass is 10.1. The molecule has 1 saturated heterocycles. The molecule has 25 heavy (non-hydrogen) atoms. The van der Waals surface area contributed by atoms with Crippen molar-refractivity contribution in [3.05, 3.63) is 0 Å². The maximum Gasteiger partial charge on any atom is 0.193 e. The van der Waals surface area contributed by atoms with Gasteiger partial charge in [0.1, 0.15) is 0 Å². The standard InChI is InChI=1S/C18H36N4O2.HI/c1-19-18(20-9-11-21(2)17-6-4-5-7-17)22-10-8-16(14-22)15-24-13-12-23-3;/h16-17H,4-15H2,1-3H3,(H,19,20);1H. The van der Waals surface area contributed by atoms with Gasteiger partial charge in [0.25, 0.3) is 0 Å². The van der Waals surface area contributed by atoms with Crippen LogP contribution in [-0.2, 0) is 9.47 Å². The van der Waals surface area contributed by atoms with Crippen LogP contribution in [0.15, 0.2) is 4.99 Å². The Bertz CT molecular complexity index is 378. The van der Waals surface area contributed by atoms with E-state index in [1.807, 2.05) is 7.05 Å². The monoisotopic (exact) mass is 468 g/mol. The minimum Gasteiger partial charge on any atom is -0.382 e. The summed E-state index contributed by atoms with van der Waals surface area (Å²) < 4.78 is 10.7. The van der Waals surface area contributed by atoms with Crippen molar-refractivity contribution in [2.45, 2.75) is 38.1 Å². The number of halogens is 1. The molecule has 2 aliphatic rings. The first-order valence-corrected chi connectivity index (χ1v) is 9.47. The summed E-state index contributed by atoms with van der Waals surface area (Å²) in [6.07, 6.45) is 6.69. The van der Waals surface area contributed by atoms with Gasteiger partial charge in [-0.1, -0.05) is 12.8 Å². The fourth-order valence-electron chi connectivity index (χ4n) is 3.76. The lowest BCUT2D eigenvalue weighted by molar-refractivity contribution is 0.0536. The fraction of sp³-hybridized carbons (Fsp3) is 0.944. The van der Waals surface area contributed by atoms with Gasteiger partial charge in [0.05, 0.1) is 19.8 Å². The lowest BCUT2D eigenvalue weighted by Crippen LogP contribution is -2.44. The van der Waals surface area contributed by atoms with E-state index in [1.54, 1.807) is 7.11 Å². The lowest BCUT2D eigenvalue weighted by Gasteiger charge is -2.26. The molecular formula is C18H37IN4O2. The fourth-order valence-corrected chi connectivity index (χ4v) is 3.76. The van der Waals surface area contributed by atoms with Gasteiger partial charge >= 0.3 is 0 Å². The van der Waals surface area contributed by atoms with E-state index in [4.69, 9.17) is 9.47 Å². The first-order chi connectivity index (χ1) is 11.7. The zero-order valence-electron chi connectivity index (χ0n) is 16.2. The molecule has 1 unspecified atom stereocenters. The molecule has 0 aromatic carbocycles. The molecule has 0 radical (unpaired) electrons. The number of nitrogens with zero attached hydrogens (tertiary/aromatic N) is 3. The zero-order valence-corrected chi connectivity index (χ0v) is 18.5. The van der Waals surface area contributed by atoms with Gasteiger partial charge in [0.2, 0.25) is 0 Å². The van der Waals surface area contributed by atoms with Gasteiger partial charge in [0, 0.05) is 52.3 Å². The molecule has 0 amide bonds. The predicted molar refractivity (Wildman–Crippen MR) is 114 cm³/mol. The van der Waals surface area contributed by atoms with Gasteiger partial charge in [-0.3, -0.25) is 4.99 Å². The molecule has 6 nitrogen and oxygen atoms in total. The van der Waals surface area contributed by atoms with Crippen molar-refractivity contribution in [2.24, 2.45) is 10.9 Å². The Balaban J connectivity index is 0.00000312. The Labute approximate surface area is 170 Å². The normalized spacial score (nSPS) is 21.8. The van der Waals surface area contributed by atoms with Crippen molar-refractivity contribution < 1.29 is 9.47 Å². The summed E-state index contributed by atoms with van der Waals surface area (Å²) in [4.78, 5) is 9.33. The number of hydrogen-bond donors (Lipinski definition) is 1. The maximum absolute atomic E-state index is 5.67. The van der Waals surface area contributed by atoms with Crippen molar-refractivity contribution in [3.63, 3.8) is 0 Å². The SMILES string of the molecule is CN=C(NCCN(C)C1CCCC1)N1CCC(COCCOC)C1.I. The molecule has 148 valence electrons. The third kappa shape index (κ3) is 7.97. The van der Waals surface area contributed by atoms with Gasteiger partial charge in [-0.25, -0.2) is 0 Å². The second-order valence-electron chi connectivity index (χ2n) is 7.06. The summed E-state index contributed by atoms with van der Waals surface area (Å²) in [6.45, 7) is 6.33. The topological polar surface area (TPSA) is 49.3 Å². The highest BCUT2D eigenvalue weighted by atomic mass is 127. The van der Waals surface area contributed by atoms with Crippen LogP contribution in [0.4, 0.5) is 0 Å². The number of guanidine groups is 1. The number of nitrogens with one attached hydrogen (secondary N) is 1. The van der Waals surface area contributed by atoms with Crippen LogP contribution in [0.5, 0.6) is 0 Å². The highest BCUT2D eigenvalue weighted by Crippen LogP contribution is 2.22. The Morgan fingerprint density at radius 3 is 2.68 bits per heavy atom. The molecule has 0 spiro atoms. The molecule has 0 aromatic heterocycles. The van der Waals surface area contributed by atoms with E-state index in [-0.39, 0.29) is 24.0 Å². The minimum atomic E-state index is 0. The second-order valence-corrected chi connectivity index (χ2v) is 7.06. The van der Waals surface area contributed by atoms with Crippen molar-refractivity contribution in [2.75, 3.05) is 67.2 Å². The van der Waals surface area contributed by atoms with E-state index in [9.17, 15) is 0 Å². The summed E-state index contributed by atoms with van der Waals surface area (Å²) in [5.41, 5.74) is 0. The first-order valence-electron chi connectivity index (χ1n) is 9.47. The molecule has 1 aliphatic heterocycles. The largest absolute Gasteiger partial charge is 0.382 e. The summed E-state index contributed by atoms with van der Waals surface area (Å²) in [7, 11) is 5.84. The smallest absolute Gasteiger partial charge is 0.193 e. The van der Waals surface area contributed by atoms with E-state index in [0.717, 1.165) is 44.8 Å². The van der Waals surface area contributed by atoms with Crippen molar-refractivity contribution in [1.29, 1.82) is 0 Å². The molecular weight excluding hydrogens is 431 g/mol. The van der Waals surface area contributed by atoms with Gasteiger partial charge < -0.3 is 24.6 Å². The second kappa shape index (κ2) is 13.1. The number of methoxy groups -OCH3 is 1. The summed E-state index contributed by atoms with van der Waals surface area (Å²) >= 11 is 0. The first kappa shape index (κ1) is 22.9. The van der Waals surface area contributed by atoms with Crippen LogP contribution >= 0.6 is 24.0 Å². The molecule has 2 rings (SSSR count). The zero-order chi connectivity index (χ0) is 17.2. The van der Waals surface area contributed by atoms with E-state index in [2.05, 4.69) is 27.2 Å². The minimum absolute atomic E-state index is 0. The van der Waals surface area contributed by atoms with Crippen LogP contribution < -0.4 is 5.32 Å². The third-order valence-corrected chi connectivity index (χ3v) is 5.28. The number of ether oxygens (including phenoxy) is 2. The molecule has 1 saturated carbocycles. The number of hydrogen-bond acceptors (Lipinski definition) is 4. The summed E-state index contributed by atoms with van der Waals surface area (Å²) in [5, 5.41) is 3.54. The average molecular weight is 468 g/mol. The van der Waals surface area contributed by atoms with Gasteiger partial charge in [-0.2, -0.15) is 0 Å². The Kier molecular flexibility index (Phi) is 12.0. The number of likely N-dealkylation sites (tertiary alicyclic amines) is 1. The Hall–Kier alpha value is -0.120. The van der Waals surface area contributed by atoms with E-state index < -0.39 is 0 Å². The van der Waals surface area contributed by atoms with Gasteiger partial charge in [-0.15, -0.1) is 24.0 Å². The van der Waals surface area contributed by atoms with Gasteiger partial charge in [0.15, 0.2) is 5.96 Å². The van der Waals surface area contributed by atoms with Crippen LogP contribution in [0.2, 0.25) is 0 Å². The maximum atomic E-state index is 5.67. The molecule has 0 bridgehead atoms. The Morgan fingerprint density at radius 1 is 1.24 bits per heavy atom. The van der Waals surface area contributed by atoms with Crippen LogP contribution in [-0.4, -0.2) is 89.0 Å². The predicted octanol–water partition coefficient (Wildman–Crippen LogP) is 2.04. The molecule has 1 N–H and O–H groups in total. The number of aliphatic imine (C=N–C) groups is 1. The van der Waals surface area contributed by atoms with Crippen LogP contribution in [0.1, 0.15) is 32.1 Å². The molecule has 1 aliphatic carbocycles. The number of rotatable bonds is 9. The van der Waals surface area contributed by atoms with Crippen LogP contribution in [0.25, 0.3) is 0 Å². The van der Waals surface area contributed by atoms with Crippen LogP contribution in [0.3, 0.4) is 0 Å². The highest BCUT2D eigenvalue weighted by molar-refractivity contribution is 14.0. The van der Waals surface area contributed by atoms with Crippen molar-refractivity contribution >= 4 is 29.9 Å². The average Bonchev–Trinajstić information content (AvgIpc) is 3.27. The van der Waals surface area contributed by atoms with Crippen LogP contribution in [0, 0.1) is 5.92 Å². The summed E-state index contributed by atoms with van der Waals surface area (Å²) in [6, 6.07) is 0.786. The Morgan fingerprint density at radius 2 is 2.00 bits per heavy atom. The molecule has 1 atom stereocenters. The molecule has 0 aromatic rings. The van der Waals surface area contributed by atoms with Crippen molar-refractivity contribution in [3.8, 4) is 0 Å². The molecule has 1 heterocycles. The third-order valence-electron chi connectivity index (χ3n) is 5.28. The molecule has 2 fully saturated rings. The van der Waals surface area contributed by atoms with Crippen molar-refractivity contribution in [1.82, 2.24) is 15.1 Å². The highest BCUT2D eigenvalue weighted by Gasteiger charge is 2.25. The molecule has 7 heteroatoms. The quantitative estimate of drug-likeness (QED) is 0.243. The van der Waals surface area contributed by atoms with E-state index in [1.165, 1.54) is 32.1 Å². The van der Waals surface area contributed by atoms with E-state index >= 15 is 0 Å².